The lowest BCUT2D eigenvalue weighted by atomic mass is 10.00. The highest BCUT2D eigenvalue weighted by Gasteiger charge is 2.28. The highest BCUT2D eigenvalue weighted by molar-refractivity contribution is 6.06. The molecule has 4 aromatic rings. The predicted molar refractivity (Wildman–Crippen MR) is 121 cm³/mol. The van der Waals surface area contributed by atoms with E-state index < -0.39 is 0 Å². The normalized spacial score (nSPS) is 17.5. The van der Waals surface area contributed by atoms with Crippen LogP contribution < -0.4 is 10.6 Å². The molecule has 0 saturated carbocycles. The number of carbonyl (C=O) groups excluding carboxylic acids is 1. The first-order valence-corrected chi connectivity index (χ1v) is 10.7. The molecule has 0 bridgehead atoms. The van der Waals surface area contributed by atoms with Gasteiger partial charge in [-0.2, -0.15) is 0 Å². The summed E-state index contributed by atoms with van der Waals surface area (Å²) in [5, 5.41) is 7.25. The molecule has 8 nitrogen and oxygen atoms in total. The standard InChI is InChI=1S/C24H22N6O2/c1-30-8-5-17-16(4-7-25-23(17)30)22-18-11-28-24(31)21(18)19(12-27-22)29-20-3-2-14(10-26-20)15-6-9-32-13-15/h2-5,7-8,10,12,15H,6,9,11,13H2,1H3,(H,26,29)(H,28,31)/t15-/m1/s1. The first-order valence-electron chi connectivity index (χ1n) is 10.7. The van der Waals surface area contributed by atoms with Gasteiger partial charge in [0, 0.05) is 61.2 Å². The van der Waals surface area contributed by atoms with Gasteiger partial charge in [-0.15, -0.1) is 0 Å². The maximum absolute atomic E-state index is 12.7. The minimum absolute atomic E-state index is 0.107. The second-order valence-corrected chi connectivity index (χ2v) is 8.24. The van der Waals surface area contributed by atoms with Crippen molar-refractivity contribution in [3.8, 4) is 11.3 Å². The summed E-state index contributed by atoms with van der Waals surface area (Å²) in [6.07, 6.45) is 8.38. The number of hydrogen-bond acceptors (Lipinski definition) is 6. The topological polar surface area (TPSA) is 94.0 Å². The zero-order valence-corrected chi connectivity index (χ0v) is 17.6. The second kappa shape index (κ2) is 7.42. The van der Waals surface area contributed by atoms with E-state index in [0.717, 1.165) is 47.5 Å². The molecule has 6 heterocycles. The maximum Gasteiger partial charge on any atom is 0.254 e. The van der Waals surface area contributed by atoms with Crippen molar-refractivity contribution < 1.29 is 9.53 Å². The zero-order valence-electron chi connectivity index (χ0n) is 17.6. The molecule has 0 radical (unpaired) electrons. The van der Waals surface area contributed by atoms with E-state index in [1.165, 1.54) is 5.56 Å². The number of aromatic nitrogens is 4. The van der Waals surface area contributed by atoms with Gasteiger partial charge in [-0.3, -0.25) is 9.78 Å². The molecule has 1 amide bonds. The SMILES string of the molecule is Cn1ccc2c(-c3ncc(Nc4ccc([C@@H]5CCOC5)cn4)c4c3CNC4=O)ccnc21. The van der Waals surface area contributed by atoms with Crippen LogP contribution in [0.4, 0.5) is 11.5 Å². The van der Waals surface area contributed by atoms with Crippen LogP contribution >= 0.6 is 0 Å². The fourth-order valence-electron chi connectivity index (χ4n) is 4.60. The number of amides is 1. The summed E-state index contributed by atoms with van der Waals surface area (Å²) < 4.78 is 7.45. The quantitative estimate of drug-likeness (QED) is 0.519. The molecule has 0 unspecified atom stereocenters. The minimum atomic E-state index is -0.107. The number of carbonyl (C=O) groups is 1. The van der Waals surface area contributed by atoms with Crippen LogP contribution in [-0.2, 0) is 18.3 Å². The number of hydrogen-bond donors (Lipinski definition) is 2. The zero-order chi connectivity index (χ0) is 21.7. The molecular weight excluding hydrogens is 404 g/mol. The van der Waals surface area contributed by atoms with Crippen molar-refractivity contribution in [3.63, 3.8) is 0 Å². The van der Waals surface area contributed by atoms with Gasteiger partial charge in [0.15, 0.2) is 0 Å². The Labute approximate surface area is 184 Å². The summed E-state index contributed by atoms with van der Waals surface area (Å²) >= 11 is 0. The van der Waals surface area contributed by atoms with Crippen LogP contribution in [0.2, 0.25) is 0 Å². The summed E-state index contributed by atoms with van der Waals surface area (Å²) in [7, 11) is 1.97. The number of anilines is 2. The van der Waals surface area contributed by atoms with Crippen LogP contribution in [0, 0.1) is 0 Å². The number of aryl methyl sites for hydroxylation is 1. The van der Waals surface area contributed by atoms with Gasteiger partial charge in [0.1, 0.15) is 11.5 Å². The van der Waals surface area contributed by atoms with Gasteiger partial charge in [0.05, 0.1) is 29.7 Å². The molecule has 1 fully saturated rings. The fraction of sp³-hybridized carbons (Fsp3) is 0.250. The van der Waals surface area contributed by atoms with Crippen LogP contribution in [-0.4, -0.2) is 38.6 Å². The van der Waals surface area contributed by atoms with Crippen molar-refractivity contribution in [3.05, 3.63) is 65.7 Å². The molecule has 6 rings (SSSR count). The summed E-state index contributed by atoms with van der Waals surface area (Å²) in [6, 6.07) is 7.99. The van der Waals surface area contributed by atoms with Gasteiger partial charge in [-0.25, -0.2) is 9.97 Å². The number of fused-ring (bicyclic) bond motifs is 2. The van der Waals surface area contributed by atoms with Crippen molar-refractivity contribution in [1.29, 1.82) is 0 Å². The number of pyridine rings is 3. The van der Waals surface area contributed by atoms with Crippen molar-refractivity contribution in [2.24, 2.45) is 7.05 Å². The van der Waals surface area contributed by atoms with Crippen molar-refractivity contribution in [2.45, 2.75) is 18.9 Å². The Kier molecular flexibility index (Phi) is 4.39. The van der Waals surface area contributed by atoms with Gasteiger partial charge in [0.25, 0.3) is 5.91 Å². The monoisotopic (exact) mass is 426 g/mol. The van der Waals surface area contributed by atoms with E-state index in [1.54, 1.807) is 12.4 Å². The molecule has 8 heteroatoms. The first-order chi connectivity index (χ1) is 15.7. The molecule has 0 aliphatic carbocycles. The molecule has 2 aliphatic rings. The number of nitrogens with one attached hydrogen (secondary N) is 2. The summed E-state index contributed by atoms with van der Waals surface area (Å²) in [5.41, 5.74) is 5.98. The smallest absolute Gasteiger partial charge is 0.254 e. The van der Waals surface area contributed by atoms with Gasteiger partial charge in [0.2, 0.25) is 0 Å². The molecule has 0 aromatic carbocycles. The van der Waals surface area contributed by atoms with E-state index in [0.29, 0.717) is 29.5 Å². The molecule has 2 N–H and O–H groups in total. The van der Waals surface area contributed by atoms with E-state index >= 15 is 0 Å². The Morgan fingerprint density at radius 2 is 2.09 bits per heavy atom. The molecule has 0 spiro atoms. The molecular formula is C24H22N6O2. The van der Waals surface area contributed by atoms with Gasteiger partial charge >= 0.3 is 0 Å². The van der Waals surface area contributed by atoms with Crippen molar-refractivity contribution >= 4 is 28.4 Å². The van der Waals surface area contributed by atoms with Crippen molar-refractivity contribution in [1.82, 2.24) is 24.8 Å². The van der Waals surface area contributed by atoms with E-state index in [2.05, 4.69) is 26.7 Å². The first kappa shape index (κ1) is 18.9. The Morgan fingerprint density at radius 3 is 2.91 bits per heavy atom. The molecule has 2 aliphatic heterocycles. The lowest BCUT2D eigenvalue weighted by molar-refractivity contribution is 0.0966. The average molecular weight is 426 g/mol. The molecule has 4 aromatic heterocycles. The molecule has 1 saturated heterocycles. The van der Waals surface area contributed by atoms with Gasteiger partial charge in [-0.1, -0.05) is 6.07 Å². The number of ether oxygens (including phenoxy) is 1. The molecule has 1 atom stereocenters. The van der Waals surface area contributed by atoms with Crippen LogP contribution in [0.3, 0.4) is 0 Å². The Morgan fingerprint density at radius 1 is 1.16 bits per heavy atom. The Balaban J connectivity index is 1.37. The van der Waals surface area contributed by atoms with E-state index in [9.17, 15) is 4.79 Å². The third kappa shape index (κ3) is 3.03. The predicted octanol–water partition coefficient (Wildman–Crippen LogP) is 3.52. The van der Waals surface area contributed by atoms with Crippen LogP contribution in [0.5, 0.6) is 0 Å². The summed E-state index contributed by atoms with van der Waals surface area (Å²) in [4.78, 5) is 26.5. The highest BCUT2D eigenvalue weighted by atomic mass is 16.5. The van der Waals surface area contributed by atoms with E-state index in [-0.39, 0.29) is 5.91 Å². The lowest BCUT2D eigenvalue weighted by Crippen LogP contribution is -2.13. The van der Waals surface area contributed by atoms with E-state index in [4.69, 9.17) is 9.72 Å². The van der Waals surface area contributed by atoms with Crippen LogP contribution in [0.25, 0.3) is 22.3 Å². The van der Waals surface area contributed by atoms with E-state index in [1.807, 2.05) is 42.2 Å². The lowest BCUT2D eigenvalue weighted by Gasteiger charge is -2.14. The third-order valence-corrected chi connectivity index (χ3v) is 6.31. The second-order valence-electron chi connectivity index (χ2n) is 8.24. The molecule has 160 valence electrons. The Bertz CT molecular complexity index is 1340. The fourth-order valence-corrected chi connectivity index (χ4v) is 4.60. The van der Waals surface area contributed by atoms with Crippen molar-refractivity contribution in [2.75, 3.05) is 18.5 Å². The van der Waals surface area contributed by atoms with Crippen LogP contribution in [0.1, 0.15) is 33.8 Å². The maximum atomic E-state index is 12.7. The van der Waals surface area contributed by atoms with Crippen LogP contribution in [0.15, 0.2) is 49.1 Å². The highest BCUT2D eigenvalue weighted by Crippen LogP contribution is 2.36. The molecule has 32 heavy (non-hydrogen) atoms. The number of nitrogens with zero attached hydrogens (tertiary/aromatic N) is 4. The largest absolute Gasteiger partial charge is 0.381 e. The summed E-state index contributed by atoms with van der Waals surface area (Å²) in [6.45, 7) is 1.99. The third-order valence-electron chi connectivity index (χ3n) is 6.31. The average Bonchev–Trinajstić information content (AvgIpc) is 3.56. The minimum Gasteiger partial charge on any atom is -0.381 e. The number of rotatable bonds is 4. The summed E-state index contributed by atoms with van der Waals surface area (Å²) in [5.74, 6) is 0.977. The Hall–Kier alpha value is -3.78. The van der Waals surface area contributed by atoms with Gasteiger partial charge < -0.3 is 19.9 Å². The van der Waals surface area contributed by atoms with Gasteiger partial charge in [-0.05, 0) is 30.2 Å².